The highest BCUT2D eigenvalue weighted by Crippen LogP contribution is 2.16. The lowest BCUT2D eigenvalue weighted by Crippen LogP contribution is -2.27. The molecular weight excluding hydrogens is 199 g/mol. The van der Waals surface area contributed by atoms with E-state index in [1.54, 1.807) is 19.1 Å². The van der Waals surface area contributed by atoms with Crippen LogP contribution in [-0.4, -0.2) is 39.5 Å². The molecule has 2 unspecified atom stereocenters. The number of hydrogen-bond acceptors (Lipinski definition) is 2. The van der Waals surface area contributed by atoms with Gasteiger partial charge in [0.2, 0.25) is 0 Å². The summed E-state index contributed by atoms with van der Waals surface area (Å²) >= 11 is 0. The summed E-state index contributed by atoms with van der Waals surface area (Å²) in [5, 5.41) is 17.3. The molecule has 2 N–H and O–H groups in total. The third kappa shape index (κ3) is 5.05. The Balaban J connectivity index is 0. The van der Waals surface area contributed by atoms with Crippen molar-refractivity contribution in [2.75, 3.05) is 0 Å². The molecule has 0 aliphatic carbocycles. The van der Waals surface area contributed by atoms with E-state index in [2.05, 4.69) is 0 Å². The summed E-state index contributed by atoms with van der Waals surface area (Å²) in [5.41, 5.74) is 0. The molecule has 0 aliphatic rings. The highest BCUT2D eigenvalue weighted by molar-refractivity contribution is 5.79. The number of hydrogen-bond donors (Lipinski definition) is 2. The minimum absolute atomic E-state index is 0. The normalized spacial score (nSPS) is 14.4. The Hall–Kier alpha value is -0.788. The number of carbonyl (C=O) groups is 2. The van der Waals surface area contributed by atoms with E-state index < -0.39 is 23.8 Å². The van der Waals surface area contributed by atoms with Crippen LogP contribution in [0.1, 0.15) is 20.3 Å². The predicted molar refractivity (Wildman–Crippen MR) is 57.3 cm³/mol. The van der Waals surface area contributed by atoms with E-state index in [0.717, 1.165) is 0 Å². The van der Waals surface area contributed by atoms with E-state index in [9.17, 15) is 9.59 Å². The summed E-state index contributed by atoms with van der Waals surface area (Å²) in [6.45, 7) is 3.18. The lowest BCUT2D eigenvalue weighted by molar-refractivity contribution is -0.152. The summed E-state index contributed by atoms with van der Waals surface area (Å²) in [5.74, 6) is -3.83. The smallest absolute Gasteiger partial charge is 0.307 e. The van der Waals surface area contributed by atoms with Crippen LogP contribution in [-0.2, 0) is 9.59 Å². The van der Waals surface area contributed by atoms with Gasteiger partial charge >= 0.3 is 11.9 Å². The van der Waals surface area contributed by atoms with Crippen LogP contribution in [0.3, 0.4) is 0 Å². The van der Waals surface area contributed by atoms with Crippen molar-refractivity contribution in [3.05, 3.63) is 12.2 Å². The molecule has 0 aromatic carbocycles. The molecule has 0 fully saturated rings. The van der Waals surface area contributed by atoms with Crippen LogP contribution in [0.25, 0.3) is 0 Å². The van der Waals surface area contributed by atoms with Gasteiger partial charge in [-0.15, -0.1) is 0 Å². The first-order valence-corrected chi connectivity index (χ1v) is 4.07. The average molecular weight is 216 g/mol. The fourth-order valence-electron chi connectivity index (χ4n) is 0.974. The van der Waals surface area contributed by atoms with Crippen molar-refractivity contribution < 1.29 is 19.8 Å². The van der Waals surface area contributed by atoms with Crippen molar-refractivity contribution in [3.8, 4) is 0 Å². The largest absolute Gasteiger partial charge is 0.481 e. The maximum absolute atomic E-state index is 10.7. The van der Waals surface area contributed by atoms with Gasteiger partial charge in [0, 0.05) is 0 Å². The molecule has 0 heterocycles. The molecule has 4 nitrogen and oxygen atoms in total. The second-order valence-electron chi connectivity index (χ2n) is 2.88. The van der Waals surface area contributed by atoms with Gasteiger partial charge < -0.3 is 10.2 Å². The van der Waals surface area contributed by atoms with Gasteiger partial charge in [-0.1, -0.05) is 19.1 Å². The molecule has 0 spiro atoms. The highest BCUT2D eigenvalue weighted by atomic mass is 27.0. The zero-order valence-corrected chi connectivity index (χ0v) is 7.73. The van der Waals surface area contributed by atoms with Crippen molar-refractivity contribution in [2.24, 2.45) is 11.8 Å². The van der Waals surface area contributed by atoms with Crippen LogP contribution in [0.4, 0.5) is 0 Å². The molecule has 0 aliphatic heterocycles. The van der Waals surface area contributed by atoms with Gasteiger partial charge in [0.15, 0.2) is 17.4 Å². The first-order valence-electron chi connectivity index (χ1n) is 4.07. The van der Waals surface area contributed by atoms with Gasteiger partial charge in [-0.3, -0.25) is 9.59 Å². The standard InChI is InChI=1S/C9H14O4.Al.3H/c1-3-4-5-7(9(12)13)6(2)8(10)11;;;;/h3-4,6-7H,5H2,1-2H3,(H,10,11)(H,12,13);;;;. The maximum atomic E-state index is 10.7. The van der Waals surface area contributed by atoms with Gasteiger partial charge in [-0.2, -0.15) is 0 Å². The number of carboxylic acids is 2. The molecule has 80 valence electrons. The minimum Gasteiger partial charge on any atom is -0.481 e. The topological polar surface area (TPSA) is 74.6 Å². The van der Waals surface area contributed by atoms with Crippen molar-refractivity contribution in [1.82, 2.24) is 0 Å². The Labute approximate surface area is 93.8 Å². The zero-order chi connectivity index (χ0) is 10.4. The first kappa shape index (κ1) is 15.7. The van der Waals surface area contributed by atoms with Crippen LogP contribution >= 0.6 is 0 Å². The fourth-order valence-corrected chi connectivity index (χ4v) is 0.974. The van der Waals surface area contributed by atoms with Gasteiger partial charge in [0.05, 0.1) is 11.8 Å². The predicted octanol–water partition coefficient (Wildman–Crippen LogP) is 0.190. The molecule has 0 bridgehead atoms. The Morgan fingerprint density at radius 3 is 2.07 bits per heavy atom. The van der Waals surface area contributed by atoms with Gasteiger partial charge in [-0.05, 0) is 13.3 Å². The molecule has 0 saturated carbocycles. The van der Waals surface area contributed by atoms with Crippen molar-refractivity contribution in [1.29, 1.82) is 0 Å². The number of aliphatic carboxylic acids is 2. The number of rotatable bonds is 5. The first-order chi connectivity index (χ1) is 6.00. The Bertz CT molecular complexity index is 225. The molecule has 0 aromatic heterocycles. The Morgan fingerprint density at radius 1 is 1.29 bits per heavy atom. The molecule has 0 saturated heterocycles. The summed E-state index contributed by atoms with van der Waals surface area (Å²) < 4.78 is 0. The second kappa shape index (κ2) is 7.60. The number of carboxylic acid groups (broad SMARTS) is 2. The Kier molecular flexibility index (Phi) is 8.51. The summed E-state index contributed by atoms with van der Waals surface area (Å²) in [7, 11) is 0. The van der Waals surface area contributed by atoms with Crippen LogP contribution in [0.2, 0.25) is 0 Å². The monoisotopic (exact) mass is 216 g/mol. The highest BCUT2D eigenvalue weighted by Gasteiger charge is 2.28. The molecule has 0 rings (SSSR count). The average Bonchev–Trinajstić information content (AvgIpc) is 2.04. The van der Waals surface area contributed by atoms with E-state index >= 15 is 0 Å². The van der Waals surface area contributed by atoms with Crippen molar-refractivity contribution in [3.63, 3.8) is 0 Å². The van der Waals surface area contributed by atoms with Crippen LogP contribution in [0.5, 0.6) is 0 Å². The second-order valence-corrected chi connectivity index (χ2v) is 2.88. The molecular formula is C9H17AlO4. The third-order valence-electron chi connectivity index (χ3n) is 1.94. The summed E-state index contributed by atoms with van der Waals surface area (Å²) in [6.07, 6.45) is 3.64. The summed E-state index contributed by atoms with van der Waals surface area (Å²) in [6, 6.07) is 0. The minimum atomic E-state index is -1.07. The van der Waals surface area contributed by atoms with E-state index in [1.165, 1.54) is 6.92 Å². The molecule has 0 radical (unpaired) electrons. The van der Waals surface area contributed by atoms with Crippen molar-refractivity contribution in [2.45, 2.75) is 20.3 Å². The molecule has 0 amide bonds. The van der Waals surface area contributed by atoms with E-state index in [1.807, 2.05) is 0 Å². The fraction of sp³-hybridized carbons (Fsp3) is 0.556. The van der Waals surface area contributed by atoms with E-state index in [-0.39, 0.29) is 23.8 Å². The summed E-state index contributed by atoms with van der Waals surface area (Å²) in [4.78, 5) is 21.2. The SMILES string of the molecule is CC=CCC(C(=O)O)C(C)C(=O)O.[AlH3]. The van der Waals surface area contributed by atoms with Gasteiger partial charge in [0.25, 0.3) is 0 Å². The van der Waals surface area contributed by atoms with E-state index in [4.69, 9.17) is 10.2 Å². The van der Waals surface area contributed by atoms with Crippen LogP contribution < -0.4 is 0 Å². The third-order valence-corrected chi connectivity index (χ3v) is 1.94. The maximum Gasteiger partial charge on any atom is 0.307 e. The molecule has 2 atom stereocenters. The molecule has 5 heteroatoms. The van der Waals surface area contributed by atoms with Gasteiger partial charge in [-0.25, -0.2) is 0 Å². The van der Waals surface area contributed by atoms with Crippen molar-refractivity contribution >= 4 is 29.3 Å². The van der Waals surface area contributed by atoms with Crippen LogP contribution in [0, 0.1) is 11.8 Å². The Morgan fingerprint density at radius 2 is 1.79 bits per heavy atom. The van der Waals surface area contributed by atoms with Crippen LogP contribution in [0.15, 0.2) is 12.2 Å². The lowest BCUT2D eigenvalue weighted by Gasteiger charge is -2.13. The molecule has 14 heavy (non-hydrogen) atoms. The zero-order valence-electron chi connectivity index (χ0n) is 7.73. The van der Waals surface area contributed by atoms with E-state index in [0.29, 0.717) is 0 Å². The number of allylic oxidation sites excluding steroid dienone is 2. The lowest BCUT2D eigenvalue weighted by atomic mass is 9.91. The molecule has 0 aromatic rings. The van der Waals surface area contributed by atoms with Gasteiger partial charge in [0.1, 0.15) is 0 Å². The quantitative estimate of drug-likeness (QED) is 0.508.